The van der Waals surface area contributed by atoms with Gasteiger partial charge >= 0.3 is 0 Å². The van der Waals surface area contributed by atoms with E-state index in [1.807, 2.05) is 37.7 Å². The molecule has 0 aliphatic carbocycles. The standard InChI is InChI=1S/C15H24N2OS/c1-4-15(18)17-14-9-7-8-13(12(14)2)16-10-5-6-11-19-3/h7-9,16H,4-6,10-11H2,1-3H3,(H,17,18). The second kappa shape index (κ2) is 8.86. The molecule has 0 aromatic heterocycles. The van der Waals surface area contributed by atoms with Crippen molar-refractivity contribution in [1.29, 1.82) is 0 Å². The third kappa shape index (κ3) is 5.55. The highest BCUT2D eigenvalue weighted by molar-refractivity contribution is 7.98. The van der Waals surface area contributed by atoms with Gasteiger partial charge in [0.05, 0.1) is 0 Å². The summed E-state index contributed by atoms with van der Waals surface area (Å²) < 4.78 is 0. The molecular weight excluding hydrogens is 256 g/mol. The molecular formula is C15H24N2OS. The Bertz CT molecular complexity index is 407. The van der Waals surface area contributed by atoms with Crippen molar-refractivity contribution in [2.45, 2.75) is 33.1 Å². The maximum Gasteiger partial charge on any atom is 0.224 e. The van der Waals surface area contributed by atoms with Crippen molar-refractivity contribution in [3.05, 3.63) is 23.8 Å². The van der Waals surface area contributed by atoms with Crippen molar-refractivity contribution in [2.75, 3.05) is 29.2 Å². The fourth-order valence-electron chi connectivity index (χ4n) is 1.80. The highest BCUT2D eigenvalue weighted by atomic mass is 32.2. The van der Waals surface area contributed by atoms with E-state index in [2.05, 4.69) is 23.0 Å². The van der Waals surface area contributed by atoms with Gasteiger partial charge in [-0.3, -0.25) is 4.79 Å². The van der Waals surface area contributed by atoms with E-state index in [1.54, 1.807) is 0 Å². The lowest BCUT2D eigenvalue weighted by Crippen LogP contribution is -2.11. The van der Waals surface area contributed by atoms with Crippen LogP contribution in [-0.4, -0.2) is 24.5 Å². The van der Waals surface area contributed by atoms with E-state index in [0.29, 0.717) is 6.42 Å². The first-order valence-electron chi connectivity index (χ1n) is 6.81. The second-order valence-corrected chi connectivity index (χ2v) is 5.49. The highest BCUT2D eigenvalue weighted by Gasteiger charge is 2.05. The Morgan fingerprint density at radius 1 is 1.26 bits per heavy atom. The molecule has 0 radical (unpaired) electrons. The summed E-state index contributed by atoms with van der Waals surface area (Å²) in [4.78, 5) is 11.4. The minimum atomic E-state index is 0.0558. The van der Waals surface area contributed by atoms with Crippen molar-refractivity contribution in [2.24, 2.45) is 0 Å². The molecule has 0 fully saturated rings. The third-order valence-electron chi connectivity index (χ3n) is 3.02. The minimum absolute atomic E-state index is 0.0558. The van der Waals surface area contributed by atoms with Gasteiger partial charge in [-0.15, -0.1) is 0 Å². The Kier molecular flexibility index (Phi) is 7.41. The lowest BCUT2D eigenvalue weighted by atomic mass is 10.1. The van der Waals surface area contributed by atoms with E-state index < -0.39 is 0 Å². The molecule has 0 atom stereocenters. The average molecular weight is 280 g/mol. The maximum atomic E-state index is 11.4. The number of unbranched alkanes of at least 4 members (excludes halogenated alkanes) is 1. The molecule has 3 nitrogen and oxygen atoms in total. The van der Waals surface area contributed by atoms with Gasteiger partial charge in [-0.1, -0.05) is 13.0 Å². The molecule has 1 amide bonds. The number of carbonyl (C=O) groups excluding carboxylic acids is 1. The molecule has 0 saturated carbocycles. The number of anilines is 2. The van der Waals surface area contributed by atoms with Crippen LogP contribution < -0.4 is 10.6 Å². The van der Waals surface area contributed by atoms with Crippen LogP contribution in [0.1, 0.15) is 31.7 Å². The Morgan fingerprint density at radius 2 is 2.00 bits per heavy atom. The molecule has 1 aromatic rings. The van der Waals surface area contributed by atoms with Gasteiger partial charge in [0, 0.05) is 24.3 Å². The van der Waals surface area contributed by atoms with Gasteiger partial charge in [0.2, 0.25) is 5.91 Å². The van der Waals surface area contributed by atoms with Crippen LogP contribution in [0.25, 0.3) is 0 Å². The molecule has 0 heterocycles. The first-order chi connectivity index (χ1) is 9.19. The fraction of sp³-hybridized carbons (Fsp3) is 0.533. The first-order valence-corrected chi connectivity index (χ1v) is 8.20. The summed E-state index contributed by atoms with van der Waals surface area (Å²) in [6.07, 6.45) is 5.05. The van der Waals surface area contributed by atoms with Crippen LogP contribution >= 0.6 is 11.8 Å². The largest absolute Gasteiger partial charge is 0.385 e. The van der Waals surface area contributed by atoms with Gasteiger partial charge in [-0.25, -0.2) is 0 Å². The van der Waals surface area contributed by atoms with Gasteiger partial charge in [0.15, 0.2) is 0 Å². The molecule has 0 unspecified atom stereocenters. The Labute approximate surface area is 120 Å². The number of hydrogen-bond donors (Lipinski definition) is 2. The summed E-state index contributed by atoms with van der Waals surface area (Å²) >= 11 is 1.89. The van der Waals surface area contributed by atoms with Gasteiger partial charge < -0.3 is 10.6 Å². The normalized spacial score (nSPS) is 10.3. The van der Waals surface area contributed by atoms with Crippen molar-refractivity contribution >= 4 is 29.0 Å². The van der Waals surface area contributed by atoms with E-state index in [4.69, 9.17) is 0 Å². The third-order valence-corrected chi connectivity index (χ3v) is 3.72. The molecule has 0 aliphatic rings. The van der Waals surface area contributed by atoms with Crippen molar-refractivity contribution < 1.29 is 4.79 Å². The van der Waals surface area contributed by atoms with E-state index in [0.717, 1.165) is 23.5 Å². The molecule has 0 aliphatic heterocycles. The Hall–Kier alpha value is -1.16. The Morgan fingerprint density at radius 3 is 2.68 bits per heavy atom. The number of amides is 1. The summed E-state index contributed by atoms with van der Waals surface area (Å²) in [5.41, 5.74) is 3.12. The van der Waals surface area contributed by atoms with E-state index in [1.165, 1.54) is 18.6 Å². The second-order valence-electron chi connectivity index (χ2n) is 4.51. The van der Waals surface area contributed by atoms with Crippen LogP contribution in [0, 0.1) is 6.92 Å². The lowest BCUT2D eigenvalue weighted by Gasteiger charge is -2.13. The molecule has 0 bridgehead atoms. The molecule has 0 spiro atoms. The van der Waals surface area contributed by atoms with Gasteiger partial charge in [-0.2, -0.15) is 11.8 Å². The Balaban J connectivity index is 2.54. The zero-order valence-corrected chi connectivity index (χ0v) is 12.9. The summed E-state index contributed by atoms with van der Waals surface area (Å²) in [6, 6.07) is 5.98. The summed E-state index contributed by atoms with van der Waals surface area (Å²) in [5.74, 6) is 1.27. The fourth-order valence-corrected chi connectivity index (χ4v) is 2.29. The smallest absolute Gasteiger partial charge is 0.224 e. The zero-order chi connectivity index (χ0) is 14.1. The molecule has 4 heteroatoms. The number of nitrogens with one attached hydrogen (secondary N) is 2. The predicted molar refractivity (Wildman–Crippen MR) is 86.2 cm³/mol. The van der Waals surface area contributed by atoms with Crippen LogP contribution in [0.4, 0.5) is 11.4 Å². The summed E-state index contributed by atoms with van der Waals surface area (Å²) in [6.45, 7) is 4.88. The molecule has 106 valence electrons. The van der Waals surface area contributed by atoms with Gasteiger partial charge in [0.1, 0.15) is 0 Å². The summed E-state index contributed by atoms with van der Waals surface area (Å²) in [7, 11) is 0. The van der Waals surface area contributed by atoms with E-state index in [-0.39, 0.29) is 5.91 Å². The van der Waals surface area contributed by atoms with Crippen LogP contribution in [0.2, 0.25) is 0 Å². The highest BCUT2D eigenvalue weighted by Crippen LogP contribution is 2.23. The lowest BCUT2D eigenvalue weighted by molar-refractivity contribution is -0.115. The van der Waals surface area contributed by atoms with Crippen LogP contribution in [-0.2, 0) is 4.79 Å². The summed E-state index contributed by atoms with van der Waals surface area (Å²) in [5, 5.41) is 6.37. The number of thioether (sulfide) groups is 1. The average Bonchev–Trinajstić information content (AvgIpc) is 2.42. The quantitative estimate of drug-likeness (QED) is 0.710. The van der Waals surface area contributed by atoms with Crippen molar-refractivity contribution in [3.8, 4) is 0 Å². The van der Waals surface area contributed by atoms with E-state index in [9.17, 15) is 4.79 Å². The predicted octanol–water partition coefficient (Wildman–Crippen LogP) is 3.90. The number of carbonyl (C=O) groups is 1. The maximum absolute atomic E-state index is 11.4. The first kappa shape index (κ1) is 15.9. The SMILES string of the molecule is CCC(=O)Nc1cccc(NCCCCSC)c1C. The van der Waals surface area contributed by atoms with E-state index >= 15 is 0 Å². The number of hydrogen-bond acceptors (Lipinski definition) is 3. The van der Waals surface area contributed by atoms with Crippen LogP contribution in [0.3, 0.4) is 0 Å². The molecule has 19 heavy (non-hydrogen) atoms. The van der Waals surface area contributed by atoms with Crippen molar-refractivity contribution in [3.63, 3.8) is 0 Å². The zero-order valence-electron chi connectivity index (χ0n) is 12.1. The minimum Gasteiger partial charge on any atom is -0.385 e. The molecule has 1 rings (SSSR count). The van der Waals surface area contributed by atoms with Gasteiger partial charge in [0.25, 0.3) is 0 Å². The molecule has 0 saturated heterocycles. The van der Waals surface area contributed by atoms with Crippen LogP contribution in [0.5, 0.6) is 0 Å². The van der Waals surface area contributed by atoms with Crippen LogP contribution in [0.15, 0.2) is 18.2 Å². The monoisotopic (exact) mass is 280 g/mol. The number of rotatable bonds is 8. The van der Waals surface area contributed by atoms with Gasteiger partial charge in [-0.05, 0) is 49.5 Å². The topological polar surface area (TPSA) is 41.1 Å². The van der Waals surface area contributed by atoms with Crippen molar-refractivity contribution in [1.82, 2.24) is 0 Å². The number of benzene rings is 1. The molecule has 1 aromatic carbocycles. The molecule has 2 N–H and O–H groups in total.